The Morgan fingerprint density at radius 3 is 2.37 bits per heavy atom. The Hall–Kier alpha value is -0.930. The number of nitrogens with zero attached hydrogens (tertiary/aromatic N) is 3. The van der Waals surface area contributed by atoms with Crippen molar-refractivity contribution in [3.8, 4) is 0 Å². The molecule has 2 N–H and O–H groups in total. The molecule has 1 saturated carbocycles. The Morgan fingerprint density at radius 2 is 1.80 bits per heavy atom. The van der Waals surface area contributed by atoms with Gasteiger partial charge in [0.2, 0.25) is 0 Å². The lowest BCUT2D eigenvalue weighted by atomic mass is 9.95. The summed E-state index contributed by atoms with van der Waals surface area (Å²) in [4.78, 5) is 9.85. The maximum absolute atomic E-state index is 14.3. The van der Waals surface area contributed by atoms with Gasteiger partial charge in [0.25, 0.3) is 0 Å². The monoisotopic (exact) mass is 531 g/mol. The molecular weight excluding hydrogens is 492 g/mol. The van der Waals surface area contributed by atoms with Gasteiger partial charge in [-0.15, -0.1) is 24.0 Å². The van der Waals surface area contributed by atoms with Crippen molar-refractivity contribution in [1.82, 2.24) is 20.4 Å². The minimum absolute atomic E-state index is 0. The van der Waals surface area contributed by atoms with Crippen molar-refractivity contribution in [2.45, 2.75) is 45.1 Å². The van der Waals surface area contributed by atoms with Crippen molar-refractivity contribution in [1.29, 1.82) is 0 Å². The number of piperazine rings is 1. The van der Waals surface area contributed by atoms with Gasteiger partial charge in [0.15, 0.2) is 5.96 Å². The van der Waals surface area contributed by atoms with Crippen LogP contribution in [0.3, 0.4) is 0 Å². The molecule has 5 nitrogen and oxygen atoms in total. The van der Waals surface area contributed by atoms with Crippen LogP contribution in [-0.4, -0.2) is 74.7 Å². The number of hydrogen-bond acceptors (Lipinski definition) is 3. The van der Waals surface area contributed by atoms with Crippen molar-refractivity contribution in [2.75, 3.05) is 52.9 Å². The molecule has 1 aromatic carbocycles. The smallest absolute Gasteiger partial charge is 0.191 e. The second-order valence-electron chi connectivity index (χ2n) is 8.99. The summed E-state index contributed by atoms with van der Waals surface area (Å²) in [5, 5.41) is 6.94. The summed E-state index contributed by atoms with van der Waals surface area (Å²) >= 11 is 0. The molecule has 1 aliphatic heterocycles. The van der Waals surface area contributed by atoms with Crippen LogP contribution in [0.2, 0.25) is 0 Å². The van der Waals surface area contributed by atoms with Crippen LogP contribution < -0.4 is 10.6 Å². The van der Waals surface area contributed by atoms with Crippen molar-refractivity contribution >= 4 is 29.9 Å². The maximum atomic E-state index is 14.3. The molecule has 2 aliphatic rings. The highest BCUT2D eigenvalue weighted by atomic mass is 127. The molecule has 1 saturated heterocycles. The lowest BCUT2D eigenvalue weighted by Gasteiger charge is -2.40. The van der Waals surface area contributed by atoms with Gasteiger partial charge in [-0.05, 0) is 44.4 Å². The predicted molar refractivity (Wildman–Crippen MR) is 134 cm³/mol. The number of aliphatic imine (C=N–C) groups is 1. The van der Waals surface area contributed by atoms with Crippen LogP contribution in [-0.2, 0) is 5.41 Å². The molecule has 1 aliphatic carbocycles. The van der Waals surface area contributed by atoms with E-state index in [4.69, 9.17) is 4.99 Å². The first kappa shape index (κ1) is 25.3. The SMILES string of the molecule is CCNC(=NCC1(c2ccccc2F)CC1)NCC(C(C)C)N1CCN(C)CC1.I. The summed E-state index contributed by atoms with van der Waals surface area (Å²) in [6.07, 6.45) is 2.01. The molecule has 3 rings (SSSR count). The third-order valence-corrected chi connectivity index (χ3v) is 6.44. The second-order valence-corrected chi connectivity index (χ2v) is 8.99. The summed E-state index contributed by atoms with van der Waals surface area (Å²) in [5.41, 5.74) is 0.694. The third kappa shape index (κ3) is 6.53. The quantitative estimate of drug-likeness (QED) is 0.307. The van der Waals surface area contributed by atoms with Crippen LogP contribution in [0.15, 0.2) is 29.3 Å². The highest BCUT2D eigenvalue weighted by Gasteiger charge is 2.45. The van der Waals surface area contributed by atoms with E-state index in [1.807, 2.05) is 12.1 Å². The first-order valence-electron chi connectivity index (χ1n) is 11.1. The number of guanidine groups is 1. The summed E-state index contributed by atoms with van der Waals surface area (Å²) in [7, 11) is 2.19. The molecule has 1 atom stereocenters. The Labute approximate surface area is 198 Å². The maximum Gasteiger partial charge on any atom is 0.191 e. The molecule has 30 heavy (non-hydrogen) atoms. The molecule has 0 radical (unpaired) electrons. The van der Waals surface area contributed by atoms with E-state index in [1.165, 1.54) is 0 Å². The van der Waals surface area contributed by atoms with Crippen LogP contribution in [0.4, 0.5) is 4.39 Å². The fraction of sp³-hybridized carbons (Fsp3) is 0.696. The molecular formula is C23H39FIN5. The van der Waals surface area contributed by atoms with Gasteiger partial charge in [-0.3, -0.25) is 9.89 Å². The van der Waals surface area contributed by atoms with Crippen molar-refractivity contribution in [3.05, 3.63) is 35.6 Å². The number of halogens is 2. The largest absolute Gasteiger partial charge is 0.357 e. The van der Waals surface area contributed by atoms with Gasteiger partial charge < -0.3 is 15.5 Å². The van der Waals surface area contributed by atoms with Gasteiger partial charge in [-0.2, -0.15) is 0 Å². The summed E-state index contributed by atoms with van der Waals surface area (Å²) in [5.74, 6) is 1.31. The standard InChI is InChI=1S/C23H38FN5.HI/c1-5-25-22(26-16-21(18(2)3)29-14-12-28(4)13-15-29)27-17-23(10-11-23)19-8-6-7-9-20(19)24;/h6-9,18,21H,5,10-17H2,1-4H3,(H2,25,26,27);1H. The zero-order chi connectivity index (χ0) is 20.9. The van der Waals surface area contributed by atoms with E-state index in [0.717, 1.165) is 63.6 Å². The van der Waals surface area contributed by atoms with Gasteiger partial charge >= 0.3 is 0 Å². The summed E-state index contributed by atoms with van der Waals surface area (Å²) in [6.45, 7) is 13.5. The predicted octanol–water partition coefficient (Wildman–Crippen LogP) is 3.30. The molecule has 2 fully saturated rings. The van der Waals surface area contributed by atoms with Crippen LogP contribution >= 0.6 is 24.0 Å². The summed E-state index contributed by atoms with van der Waals surface area (Å²) in [6, 6.07) is 7.64. The zero-order valence-electron chi connectivity index (χ0n) is 19.0. The minimum Gasteiger partial charge on any atom is -0.357 e. The number of nitrogens with one attached hydrogen (secondary N) is 2. The fourth-order valence-corrected chi connectivity index (χ4v) is 4.27. The fourth-order valence-electron chi connectivity index (χ4n) is 4.27. The molecule has 1 heterocycles. The Morgan fingerprint density at radius 1 is 1.13 bits per heavy atom. The average Bonchev–Trinajstić information content (AvgIpc) is 3.48. The van der Waals surface area contributed by atoms with Crippen LogP contribution in [0, 0.1) is 11.7 Å². The van der Waals surface area contributed by atoms with E-state index in [0.29, 0.717) is 18.5 Å². The second kappa shape index (κ2) is 11.6. The Bertz CT molecular complexity index is 684. The molecule has 0 spiro atoms. The molecule has 0 aromatic heterocycles. The highest BCUT2D eigenvalue weighted by Crippen LogP contribution is 2.49. The van der Waals surface area contributed by atoms with Gasteiger partial charge in [-0.1, -0.05) is 32.0 Å². The normalized spacial score (nSPS) is 20.5. The lowest BCUT2D eigenvalue weighted by molar-refractivity contribution is 0.0900. The highest BCUT2D eigenvalue weighted by molar-refractivity contribution is 14.0. The third-order valence-electron chi connectivity index (χ3n) is 6.44. The number of benzene rings is 1. The van der Waals surface area contributed by atoms with E-state index in [2.05, 4.69) is 48.3 Å². The average molecular weight is 532 g/mol. The molecule has 7 heteroatoms. The van der Waals surface area contributed by atoms with E-state index >= 15 is 0 Å². The number of rotatable bonds is 8. The Kier molecular flexibility index (Phi) is 9.81. The Balaban J connectivity index is 0.00000320. The van der Waals surface area contributed by atoms with E-state index in [9.17, 15) is 4.39 Å². The van der Waals surface area contributed by atoms with Crippen molar-refractivity contribution < 1.29 is 4.39 Å². The van der Waals surface area contributed by atoms with Crippen molar-refractivity contribution in [2.24, 2.45) is 10.9 Å². The minimum atomic E-state index is -0.122. The lowest BCUT2D eigenvalue weighted by Crippen LogP contribution is -2.55. The topological polar surface area (TPSA) is 42.9 Å². The number of hydrogen-bond donors (Lipinski definition) is 2. The molecule has 0 amide bonds. The first-order chi connectivity index (χ1) is 13.9. The van der Waals surface area contributed by atoms with Crippen LogP contribution in [0.5, 0.6) is 0 Å². The van der Waals surface area contributed by atoms with Crippen molar-refractivity contribution in [3.63, 3.8) is 0 Å². The van der Waals surface area contributed by atoms with Gasteiger partial charge in [-0.25, -0.2) is 4.39 Å². The zero-order valence-corrected chi connectivity index (χ0v) is 21.3. The molecule has 1 aromatic rings. The molecule has 1 unspecified atom stereocenters. The van der Waals surface area contributed by atoms with E-state index in [1.54, 1.807) is 12.1 Å². The first-order valence-corrected chi connectivity index (χ1v) is 11.1. The number of likely N-dealkylation sites (N-methyl/N-ethyl adjacent to an activating group) is 1. The van der Waals surface area contributed by atoms with Gasteiger partial charge in [0.1, 0.15) is 5.82 Å². The summed E-state index contributed by atoms with van der Waals surface area (Å²) < 4.78 is 14.3. The molecule has 0 bridgehead atoms. The van der Waals surface area contributed by atoms with Crippen LogP contribution in [0.25, 0.3) is 0 Å². The van der Waals surface area contributed by atoms with E-state index in [-0.39, 0.29) is 35.2 Å². The molecule has 170 valence electrons. The van der Waals surface area contributed by atoms with Crippen LogP contribution in [0.1, 0.15) is 39.2 Å². The van der Waals surface area contributed by atoms with Gasteiger partial charge in [0.05, 0.1) is 6.54 Å². The van der Waals surface area contributed by atoms with Gasteiger partial charge in [0, 0.05) is 50.7 Å². The van der Waals surface area contributed by atoms with E-state index < -0.39 is 0 Å².